The number of aliphatic carboxylic acids is 1. The Bertz CT molecular complexity index is 667. The number of morpholine rings is 1. The molecule has 0 aliphatic carbocycles. The smallest absolute Gasteiger partial charge is 0.345 e. The Morgan fingerprint density at radius 2 is 1.45 bits per heavy atom. The summed E-state index contributed by atoms with van der Waals surface area (Å²) >= 11 is 0. The molecule has 3 atom stereocenters. The first-order valence-corrected chi connectivity index (χ1v) is 9.72. The number of rotatable bonds is 14. The monoisotopic (exact) mass is 490 g/mol. The minimum Gasteiger partial charge on any atom is -0.480 e. The Labute approximate surface area is 185 Å². The Hall–Kier alpha value is -2.56. The molecule has 0 aromatic rings. The van der Waals surface area contributed by atoms with Gasteiger partial charge in [-0.1, -0.05) is 0 Å². The highest BCUT2D eigenvalue weighted by Gasteiger charge is 2.29. The molecular formula is C17H26F4N4O8. The van der Waals surface area contributed by atoms with Crippen LogP contribution in [0.5, 0.6) is 0 Å². The van der Waals surface area contributed by atoms with Crippen LogP contribution in [0.1, 0.15) is 6.92 Å². The first-order valence-electron chi connectivity index (χ1n) is 9.72. The number of nitrogens with zero attached hydrogens (tertiary/aromatic N) is 1. The van der Waals surface area contributed by atoms with Crippen molar-refractivity contribution in [2.75, 3.05) is 46.1 Å². The highest BCUT2D eigenvalue weighted by atomic mass is 19.3. The number of carbonyl (C=O) groups excluding carboxylic acids is 3. The minimum atomic E-state index is -3.27. The minimum absolute atomic E-state index is 0.137. The second-order valence-electron chi connectivity index (χ2n) is 6.83. The third-order valence-electron chi connectivity index (χ3n) is 4.27. The highest BCUT2D eigenvalue weighted by molar-refractivity contribution is 5.93. The van der Waals surface area contributed by atoms with E-state index in [1.54, 1.807) is 4.90 Å². The van der Waals surface area contributed by atoms with Crippen LogP contribution in [-0.2, 0) is 33.4 Å². The van der Waals surface area contributed by atoms with Crippen molar-refractivity contribution in [1.29, 1.82) is 0 Å². The molecule has 1 unspecified atom stereocenters. The zero-order valence-corrected chi connectivity index (χ0v) is 17.6. The fraction of sp³-hybridized carbons (Fsp3) is 0.765. The Morgan fingerprint density at radius 3 is 1.97 bits per heavy atom. The standard InChI is InChI=1S/C17H26F4N4O8/c1-9(13(27)24-11(15(29)30)8-33-17(20)21)22-14(28)10(7-32-16(18)19)23-12(26)6-25-2-4-31-5-3-25/h9-11,16-17H,2-8H2,1H3,(H,22,28)(H,23,26)(H,24,27)(H,29,30)/t9?,10-,11-/m0/s1. The summed E-state index contributed by atoms with van der Waals surface area (Å²) in [5.74, 6) is -4.48. The van der Waals surface area contributed by atoms with E-state index in [1.807, 2.05) is 5.32 Å². The molecule has 1 rings (SSSR count). The predicted octanol–water partition coefficient (Wildman–Crippen LogP) is -1.64. The van der Waals surface area contributed by atoms with Gasteiger partial charge in [0.2, 0.25) is 17.7 Å². The van der Waals surface area contributed by atoms with Gasteiger partial charge in [-0.2, -0.15) is 17.6 Å². The average molecular weight is 490 g/mol. The van der Waals surface area contributed by atoms with Crippen molar-refractivity contribution in [1.82, 2.24) is 20.9 Å². The molecule has 0 saturated carbocycles. The summed E-state index contributed by atoms with van der Waals surface area (Å²) in [5, 5.41) is 15.2. The van der Waals surface area contributed by atoms with Gasteiger partial charge in [0.15, 0.2) is 6.04 Å². The van der Waals surface area contributed by atoms with Gasteiger partial charge in [-0.3, -0.25) is 19.3 Å². The van der Waals surface area contributed by atoms with Crippen LogP contribution in [0.3, 0.4) is 0 Å². The number of hydrogen-bond acceptors (Lipinski definition) is 8. The lowest BCUT2D eigenvalue weighted by Gasteiger charge is -2.27. The van der Waals surface area contributed by atoms with Gasteiger partial charge in [0.1, 0.15) is 12.1 Å². The van der Waals surface area contributed by atoms with Crippen LogP contribution in [0.25, 0.3) is 0 Å². The summed E-state index contributed by atoms with van der Waals surface area (Å²) in [6.07, 6.45) is 0. The zero-order chi connectivity index (χ0) is 25.0. The third kappa shape index (κ3) is 11.7. The maximum absolute atomic E-state index is 12.4. The molecule has 1 fully saturated rings. The van der Waals surface area contributed by atoms with Gasteiger partial charge in [-0.05, 0) is 6.92 Å². The summed E-state index contributed by atoms with van der Waals surface area (Å²) in [4.78, 5) is 49.5. The van der Waals surface area contributed by atoms with Gasteiger partial charge >= 0.3 is 19.2 Å². The number of carbonyl (C=O) groups is 4. The van der Waals surface area contributed by atoms with Gasteiger partial charge in [0.25, 0.3) is 0 Å². The van der Waals surface area contributed by atoms with Crippen LogP contribution < -0.4 is 16.0 Å². The van der Waals surface area contributed by atoms with Crippen LogP contribution in [0, 0.1) is 0 Å². The second kappa shape index (κ2) is 14.6. The molecule has 0 spiro atoms. The predicted molar refractivity (Wildman–Crippen MR) is 100 cm³/mol. The van der Waals surface area contributed by atoms with E-state index in [0.717, 1.165) is 6.92 Å². The Balaban J connectivity index is 2.68. The van der Waals surface area contributed by atoms with Crippen molar-refractivity contribution in [3.63, 3.8) is 0 Å². The molecule has 0 radical (unpaired) electrons. The molecule has 0 aromatic carbocycles. The maximum Gasteiger partial charge on any atom is 0.345 e. The lowest BCUT2D eigenvalue weighted by molar-refractivity contribution is -0.156. The van der Waals surface area contributed by atoms with E-state index in [4.69, 9.17) is 9.84 Å². The maximum atomic E-state index is 12.4. The van der Waals surface area contributed by atoms with E-state index in [1.165, 1.54) is 0 Å². The third-order valence-corrected chi connectivity index (χ3v) is 4.27. The molecule has 1 aliphatic rings. The van der Waals surface area contributed by atoms with Crippen molar-refractivity contribution in [3.05, 3.63) is 0 Å². The number of carboxylic acid groups (broad SMARTS) is 1. The summed E-state index contributed by atoms with van der Waals surface area (Å²) in [6, 6.07) is -4.85. The number of alkyl halides is 4. The van der Waals surface area contributed by atoms with Crippen molar-refractivity contribution < 1.29 is 56.1 Å². The fourth-order valence-electron chi connectivity index (χ4n) is 2.57. The number of amides is 3. The van der Waals surface area contributed by atoms with E-state index in [-0.39, 0.29) is 6.54 Å². The number of carboxylic acids is 1. The average Bonchev–Trinajstić information content (AvgIpc) is 2.73. The molecule has 1 heterocycles. The Morgan fingerprint density at radius 1 is 0.909 bits per heavy atom. The van der Waals surface area contributed by atoms with Crippen molar-refractivity contribution in [3.8, 4) is 0 Å². The molecule has 1 saturated heterocycles. The summed E-state index contributed by atoms with van der Waals surface area (Å²) < 4.78 is 62.2. The van der Waals surface area contributed by atoms with Crippen LogP contribution in [0.4, 0.5) is 17.6 Å². The molecule has 3 amide bonds. The summed E-state index contributed by atoms with van der Waals surface area (Å²) in [7, 11) is 0. The Kier molecular flexibility index (Phi) is 12.6. The molecule has 16 heteroatoms. The van der Waals surface area contributed by atoms with Gasteiger partial charge < -0.3 is 35.3 Å². The first-order chi connectivity index (χ1) is 15.5. The van der Waals surface area contributed by atoms with Gasteiger partial charge in [-0.15, -0.1) is 0 Å². The van der Waals surface area contributed by atoms with Crippen molar-refractivity contribution >= 4 is 23.7 Å². The number of ether oxygens (including phenoxy) is 3. The largest absolute Gasteiger partial charge is 0.480 e. The van der Waals surface area contributed by atoms with Gasteiger partial charge in [-0.25, -0.2) is 4.79 Å². The van der Waals surface area contributed by atoms with Crippen LogP contribution in [0.2, 0.25) is 0 Å². The molecule has 33 heavy (non-hydrogen) atoms. The van der Waals surface area contributed by atoms with Crippen molar-refractivity contribution in [2.24, 2.45) is 0 Å². The van der Waals surface area contributed by atoms with Gasteiger partial charge in [0.05, 0.1) is 33.0 Å². The van der Waals surface area contributed by atoms with Crippen molar-refractivity contribution in [2.45, 2.75) is 38.3 Å². The highest BCUT2D eigenvalue weighted by Crippen LogP contribution is 2.01. The quantitative estimate of drug-likeness (QED) is 0.210. The fourth-order valence-corrected chi connectivity index (χ4v) is 2.57. The zero-order valence-electron chi connectivity index (χ0n) is 17.6. The molecule has 4 N–H and O–H groups in total. The molecule has 12 nitrogen and oxygen atoms in total. The summed E-state index contributed by atoms with van der Waals surface area (Å²) in [5.41, 5.74) is 0. The molecular weight excluding hydrogens is 464 g/mol. The van der Waals surface area contributed by atoms with E-state index in [2.05, 4.69) is 20.1 Å². The van der Waals surface area contributed by atoms with Gasteiger partial charge in [0, 0.05) is 13.1 Å². The molecule has 0 aromatic heterocycles. The lowest BCUT2D eigenvalue weighted by Crippen LogP contribution is -2.57. The normalized spacial score (nSPS) is 17.3. The topological polar surface area (TPSA) is 156 Å². The second-order valence-corrected chi connectivity index (χ2v) is 6.83. The van der Waals surface area contributed by atoms with Crippen LogP contribution in [0.15, 0.2) is 0 Å². The number of nitrogens with one attached hydrogen (secondary N) is 3. The van der Waals surface area contributed by atoms with E-state index in [9.17, 15) is 36.7 Å². The van der Waals surface area contributed by atoms with E-state index in [0.29, 0.717) is 26.3 Å². The molecule has 190 valence electrons. The van der Waals surface area contributed by atoms with E-state index < -0.39 is 68.3 Å². The van der Waals surface area contributed by atoms with Crippen LogP contribution in [-0.4, -0.2) is 111 Å². The molecule has 1 aliphatic heterocycles. The molecule has 0 bridgehead atoms. The summed E-state index contributed by atoms with van der Waals surface area (Å²) in [6.45, 7) is -5.75. The lowest BCUT2D eigenvalue weighted by atomic mass is 10.2. The number of hydrogen-bond donors (Lipinski definition) is 4. The first kappa shape index (κ1) is 28.5. The van der Waals surface area contributed by atoms with Crippen LogP contribution >= 0.6 is 0 Å². The number of halogens is 4. The van der Waals surface area contributed by atoms with E-state index >= 15 is 0 Å². The SMILES string of the molecule is CC(NC(=O)[C@H](COC(F)F)NC(=O)CN1CCOCC1)C(=O)N[C@@H](COC(F)F)C(=O)O.